The lowest BCUT2D eigenvalue weighted by Crippen LogP contribution is -2.34. The van der Waals surface area contributed by atoms with Crippen molar-refractivity contribution in [1.29, 1.82) is 10.5 Å². The predicted molar refractivity (Wildman–Crippen MR) is 293 cm³/mol. The minimum Gasteiger partial charge on any atom is -0.337 e. The standard InChI is InChI=1S/C66H48F2N8O2/c1-39-25-59-47(33-71-75(59)50-21-19-49(67)20-22-50)28-54(39)66-38-74(36-57(66)62(66)43-11-7-4-8-12-43)64(78)45-17-18-46(32-70)52(27-45)53-30-51(23-24-58(53)68)76-60-26-40(2)55(29-48(60)34-72-76)65-37-73(63(77)44-15-13-41(31-69)14-16-44)35-56(65)61(65)42-9-5-3-6-10-42/h3-30,33-34,56-57,61-62H,35-38H2,1-2H3/t56-,57+,61-,62+,65+,66-/m0/s1. The Hall–Kier alpha value is -9.52. The van der Waals surface area contributed by atoms with Gasteiger partial charge in [0.05, 0.1) is 58.1 Å². The van der Waals surface area contributed by atoms with Crippen molar-refractivity contribution in [2.24, 2.45) is 11.8 Å². The molecule has 14 rings (SSSR count). The van der Waals surface area contributed by atoms with Crippen molar-refractivity contribution < 1.29 is 18.4 Å². The Labute approximate surface area is 448 Å². The van der Waals surface area contributed by atoms with Gasteiger partial charge in [-0.2, -0.15) is 20.7 Å². The van der Waals surface area contributed by atoms with E-state index in [4.69, 9.17) is 10.2 Å². The number of halogens is 2. The van der Waals surface area contributed by atoms with E-state index in [0.29, 0.717) is 54.1 Å². The van der Waals surface area contributed by atoms with Crippen LogP contribution in [0.15, 0.2) is 182 Å². The number of aromatic nitrogens is 4. The number of piperidine rings is 2. The highest BCUT2D eigenvalue weighted by atomic mass is 19.1. The molecule has 0 bridgehead atoms. The van der Waals surface area contributed by atoms with E-state index >= 15 is 4.39 Å². The monoisotopic (exact) mass is 1020 g/mol. The topological polar surface area (TPSA) is 124 Å². The molecule has 78 heavy (non-hydrogen) atoms. The number of benzene rings is 8. The number of hydrogen-bond acceptors (Lipinski definition) is 6. The molecular formula is C66H48F2N8O2. The summed E-state index contributed by atoms with van der Waals surface area (Å²) in [6, 6.07) is 56.8. The molecule has 2 saturated carbocycles. The van der Waals surface area contributed by atoms with Gasteiger partial charge in [0, 0.05) is 81.9 Å². The second kappa shape index (κ2) is 17.5. The summed E-state index contributed by atoms with van der Waals surface area (Å²) in [6.07, 6.45) is 3.65. The van der Waals surface area contributed by atoms with Crippen molar-refractivity contribution in [1.82, 2.24) is 29.4 Å². The van der Waals surface area contributed by atoms with Gasteiger partial charge in [-0.15, -0.1) is 0 Å². The van der Waals surface area contributed by atoms with E-state index in [0.717, 1.165) is 49.7 Å². The van der Waals surface area contributed by atoms with Gasteiger partial charge in [-0.1, -0.05) is 60.7 Å². The number of carbonyl (C=O) groups is 2. The number of aryl methyl sites for hydroxylation is 2. The van der Waals surface area contributed by atoms with Gasteiger partial charge in [-0.25, -0.2) is 18.1 Å². The van der Waals surface area contributed by atoms with Gasteiger partial charge in [0.1, 0.15) is 11.6 Å². The summed E-state index contributed by atoms with van der Waals surface area (Å²) >= 11 is 0. The first-order chi connectivity index (χ1) is 38.0. The van der Waals surface area contributed by atoms with E-state index in [1.54, 1.807) is 71.4 Å². The van der Waals surface area contributed by atoms with Crippen molar-refractivity contribution in [3.05, 3.63) is 250 Å². The molecule has 0 N–H and O–H groups in total. The predicted octanol–water partition coefficient (Wildman–Crippen LogP) is 12.3. The summed E-state index contributed by atoms with van der Waals surface area (Å²) in [4.78, 5) is 32.7. The van der Waals surface area contributed by atoms with Gasteiger partial charge in [0.2, 0.25) is 0 Å². The van der Waals surface area contributed by atoms with Gasteiger partial charge < -0.3 is 9.80 Å². The van der Waals surface area contributed by atoms with Gasteiger partial charge in [0.25, 0.3) is 11.8 Å². The van der Waals surface area contributed by atoms with Gasteiger partial charge >= 0.3 is 0 Å². The van der Waals surface area contributed by atoms with E-state index < -0.39 is 5.82 Å². The molecule has 8 aromatic carbocycles. The van der Waals surface area contributed by atoms with Crippen LogP contribution in [-0.4, -0.2) is 67.4 Å². The number of rotatable bonds is 9. The van der Waals surface area contributed by atoms with Crippen LogP contribution in [0.3, 0.4) is 0 Å². The van der Waals surface area contributed by atoms with Crippen LogP contribution in [-0.2, 0) is 10.8 Å². The van der Waals surface area contributed by atoms with Gasteiger partial charge in [-0.05, 0) is 168 Å². The first-order valence-corrected chi connectivity index (χ1v) is 26.3. The summed E-state index contributed by atoms with van der Waals surface area (Å²) < 4.78 is 33.9. The lowest BCUT2D eigenvalue weighted by atomic mass is 9.86. The molecule has 0 unspecified atom stereocenters. The number of nitriles is 2. The second-order valence-electron chi connectivity index (χ2n) is 21.7. The number of carbonyl (C=O) groups excluding carboxylic acids is 2. The molecule has 2 aromatic heterocycles. The Balaban J connectivity index is 0.772. The van der Waals surface area contributed by atoms with Crippen molar-refractivity contribution in [2.45, 2.75) is 36.5 Å². The average molecular weight is 1020 g/mol. The van der Waals surface area contributed by atoms with Crippen LogP contribution in [0, 0.1) is 60.0 Å². The normalized spacial score (nSPS) is 21.8. The highest BCUT2D eigenvalue weighted by Crippen LogP contribution is 2.71. The lowest BCUT2D eigenvalue weighted by Gasteiger charge is -2.26. The molecule has 2 amide bonds. The minimum atomic E-state index is -0.539. The number of likely N-dealkylation sites (tertiary alicyclic amines) is 2. The number of nitrogens with zero attached hydrogens (tertiary/aromatic N) is 8. The van der Waals surface area contributed by atoms with Crippen LogP contribution in [0.4, 0.5) is 8.78 Å². The van der Waals surface area contributed by atoms with Gasteiger partial charge in [0.15, 0.2) is 0 Å². The fraction of sp³-hybridized carbons (Fsp3) is 0.182. The lowest BCUT2D eigenvalue weighted by molar-refractivity contribution is 0.0762. The molecule has 4 heterocycles. The Morgan fingerprint density at radius 2 is 1.06 bits per heavy atom. The summed E-state index contributed by atoms with van der Waals surface area (Å²) in [5.41, 5.74) is 11.4. The Morgan fingerprint density at radius 1 is 0.551 bits per heavy atom. The summed E-state index contributed by atoms with van der Waals surface area (Å²) in [6.45, 7) is 6.32. The smallest absolute Gasteiger partial charge is 0.253 e. The molecule has 0 radical (unpaired) electrons. The molecule has 2 aliphatic heterocycles. The third kappa shape index (κ3) is 7.09. The zero-order valence-electron chi connectivity index (χ0n) is 42.6. The molecule has 10 aromatic rings. The third-order valence-corrected chi connectivity index (χ3v) is 17.7. The molecule has 378 valence electrons. The van der Waals surface area contributed by atoms with Crippen molar-refractivity contribution in [3.63, 3.8) is 0 Å². The molecule has 10 nitrogen and oxygen atoms in total. The zero-order valence-corrected chi connectivity index (χ0v) is 42.6. The molecule has 4 aliphatic rings. The van der Waals surface area contributed by atoms with Crippen molar-refractivity contribution >= 4 is 33.6 Å². The largest absolute Gasteiger partial charge is 0.337 e. The van der Waals surface area contributed by atoms with E-state index in [1.165, 1.54) is 29.3 Å². The van der Waals surface area contributed by atoms with Crippen LogP contribution in [0.1, 0.15) is 77.1 Å². The van der Waals surface area contributed by atoms with Crippen LogP contribution in [0.25, 0.3) is 44.3 Å². The molecule has 6 atom stereocenters. The molecule has 2 aliphatic carbocycles. The molecule has 0 spiro atoms. The maximum Gasteiger partial charge on any atom is 0.253 e. The number of amides is 2. The highest BCUT2D eigenvalue weighted by Gasteiger charge is 2.72. The number of hydrogen-bond donors (Lipinski definition) is 0. The van der Waals surface area contributed by atoms with Crippen LogP contribution >= 0.6 is 0 Å². The van der Waals surface area contributed by atoms with E-state index in [1.807, 2.05) is 39.0 Å². The molecule has 4 fully saturated rings. The van der Waals surface area contributed by atoms with Crippen LogP contribution < -0.4 is 0 Å². The SMILES string of the molecule is Cc1cc2c(cnn2-c2ccc(F)cc2)cc1[C@@]12CN(C(=O)c3ccc(C#N)c(-c4cc(-n5ncc6cc([C@]78CN(C(=O)c9ccc(C#N)cc9)C[C@H]7[C@@H]8c7ccccc7)c(C)cc65)ccc4F)c3)C[C@@H]1[C@H]2c1ccccc1. The molecule has 12 heteroatoms. The second-order valence-corrected chi connectivity index (χ2v) is 21.7. The Kier molecular flexibility index (Phi) is 10.5. The van der Waals surface area contributed by atoms with Crippen molar-refractivity contribution in [2.75, 3.05) is 26.2 Å². The average Bonchev–Trinajstić information content (AvgIpc) is 3.88. The fourth-order valence-corrected chi connectivity index (χ4v) is 14.1. The first-order valence-electron chi connectivity index (χ1n) is 26.3. The van der Waals surface area contributed by atoms with Crippen molar-refractivity contribution in [3.8, 4) is 34.6 Å². The van der Waals surface area contributed by atoms with E-state index in [2.05, 4.69) is 98.8 Å². The third-order valence-electron chi connectivity index (χ3n) is 17.7. The Morgan fingerprint density at radius 3 is 1.60 bits per heavy atom. The number of fused-ring (bicyclic) bond motifs is 4. The molecule has 2 saturated heterocycles. The van der Waals surface area contributed by atoms with Gasteiger partial charge in [-0.3, -0.25) is 9.59 Å². The minimum absolute atomic E-state index is 0.0561. The maximum absolute atomic E-state index is 16.4. The molecular weight excluding hydrogens is 975 g/mol. The highest BCUT2D eigenvalue weighted by molar-refractivity contribution is 5.97. The van der Waals surface area contributed by atoms with Crippen LogP contribution in [0.5, 0.6) is 0 Å². The maximum atomic E-state index is 16.4. The summed E-state index contributed by atoms with van der Waals surface area (Å²) in [7, 11) is 0. The van der Waals surface area contributed by atoms with Crippen LogP contribution in [0.2, 0.25) is 0 Å². The van der Waals surface area contributed by atoms with E-state index in [-0.39, 0.29) is 63.3 Å². The zero-order chi connectivity index (χ0) is 53.2. The Bertz CT molecular complexity index is 4220. The summed E-state index contributed by atoms with van der Waals surface area (Å²) in [5, 5.41) is 31.2. The summed E-state index contributed by atoms with van der Waals surface area (Å²) in [5.74, 6) is -0.391. The quantitative estimate of drug-likeness (QED) is 0.142. The first kappa shape index (κ1) is 47.0. The fourth-order valence-electron chi connectivity index (χ4n) is 14.1. The van der Waals surface area contributed by atoms with E-state index in [9.17, 15) is 24.5 Å².